The van der Waals surface area contributed by atoms with E-state index in [0.29, 0.717) is 15.8 Å². The molecule has 5 nitrogen and oxygen atoms in total. The first-order chi connectivity index (χ1) is 12.2. The number of rotatable bonds is 4. The van der Waals surface area contributed by atoms with Crippen LogP contribution in [-0.2, 0) is 10.2 Å². The summed E-state index contributed by atoms with van der Waals surface area (Å²) in [6.07, 6.45) is -0.755. The first-order valence-corrected chi connectivity index (χ1v) is 9.09. The topological polar surface area (TPSA) is 67.4 Å². The minimum absolute atomic E-state index is 0.0531. The van der Waals surface area contributed by atoms with Crippen molar-refractivity contribution in [1.29, 1.82) is 0 Å². The molecule has 138 valence electrons. The van der Waals surface area contributed by atoms with Crippen LogP contribution in [0.15, 0.2) is 53.0 Å². The summed E-state index contributed by atoms with van der Waals surface area (Å²) in [5.74, 6) is -0.254. The molecule has 0 fully saturated rings. The summed E-state index contributed by atoms with van der Waals surface area (Å²) >= 11 is 3.30. The first-order valence-electron chi connectivity index (χ1n) is 8.30. The molecule has 0 aliphatic carbocycles. The van der Waals surface area contributed by atoms with Gasteiger partial charge in [0, 0.05) is 4.47 Å². The lowest BCUT2D eigenvalue weighted by Crippen LogP contribution is -2.47. The summed E-state index contributed by atoms with van der Waals surface area (Å²) in [6, 6.07) is 14.6. The normalized spacial score (nSPS) is 12.2. The molecule has 2 amide bonds. The van der Waals surface area contributed by atoms with Crippen molar-refractivity contribution in [3.63, 3.8) is 0 Å². The fourth-order valence-electron chi connectivity index (χ4n) is 2.22. The Labute approximate surface area is 162 Å². The monoisotopic (exact) mass is 418 g/mol. The molecular formula is C20H23BrN2O3. The third-order valence-electron chi connectivity index (χ3n) is 3.82. The molecule has 2 rings (SSSR count). The van der Waals surface area contributed by atoms with Crippen LogP contribution in [0.1, 0.15) is 43.6 Å². The lowest BCUT2D eigenvalue weighted by Gasteiger charge is -2.20. The number of nitrogens with one attached hydrogen (secondary N) is 2. The molecule has 2 aromatic rings. The second-order valence-corrected chi connectivity index (χ2v) is 7.81. The van der Waals surface area contributed by atoms with Crippen LogP contribution in [-0.4, -0.2) is 17.9 Å². The van der Waals surface area contributed by atoms with Crippen LogP contribution in [0.25, 0.3) is 0 Å². The van der Waals surface area contributed by atoms with Crippen molar-refractivity contribution in [3.05, 3.63) is 64.1 Å². The van der Waals surface area contributed by atoms with E-state index in [1.807, 2.05) is 24.3 Å². The number of hydrogen-bond donors (Lipinski definition) is 2. The number of benzene rings is 2. The summed E-state index contributed by atoms with van der Waals surface area (Å²) in [4.78, 5) is 24.2. The van der Waals surface area contributed by atoms with Gasteiger partial charge >= 0.3 is 0 Å². The lowest BCUT2D eigenvalue weighted by molar-refractivity contribution is -0.128. The predicted octanol–water partition coefficient (Wildman–Crippen LogP) is 3.98. The van der Waals surface area contributed by atoms with Gasteiger partial charge in [0.1, 0.15) is 5.75 Å². The lowest BCUT2D eigenvalue weighted by atomic mass is 9.87. The van der Waals surface area contributed by atoms with Crippen LogP contribution in [0.4, 0.5) is 0 Å². The van der Waals surface area contributed by atoms with Crippen LogP contribution >= 0.6 is 15.9 Å². The van der Waals surface area contributed by atoms with E-state index >= 15 is 0 Å². The molecule has 0 saturated heterocycles. The molecule has 0 aromatic heterocycles. The zero-order valence-corrected chi connectivity index (χ0v) is 16.9. The molecular weight excluding hydrogens is 396 g/mol. The van der Waals surface area contributed by atoms with Crippen molar-refractivity contribution < 1.29 is 14.3 Å². The van der Waals surface area contributed by atoms with E-state index in [1.54, 1.807) is 31.2 Å². The highest BCUT2D eigenvalue weighted by molar-refractivity contribution is 9.10. The number of halogens is 1. The molecule has 0 unspecified atom stereocenters. The van der Waals surface area contributed by atoms with Gasteiger partial charge in [-0.2, -0.15) is 0 Å². The van der Waals surface area contributed by atoms with Crippen molar-refractivity contribution >= 4 is 27.7 Å². The van der Waals surface area contributed by atoms with Crippen LogP contribution in [0.3, 0.4) is 0 Å². The third-order valence-corrected chi connectivity index (χ3v) is 4.51. The zero-order chi connectivity index (χ0) is 19.3. The number of carbonyl (C=O) groups excluding carboxylic acids is 2. The van der Waals surface area contributed by atoms with Crippen molar-refractivity contribution in [2.45, 2.75) is 39.2 Å². The number of ether oxygens (including phenoxy) is 1. The molecule has 0 heterocycles. The van der Waals surface area contributed by atoms with Gasteiger partial charge in [0.15, 0.2) is 6.10 Å². The standard InChI is InChI=1S/C20H23BrN2O3/c1-13(26-15-11-9-14(10-12-15)20(2,3)4)18(24)22-23-19(25)16-7-5-6-8-17(16)21/h5-13H,1-4H3,(H,22,24)(H,23,25)/t13-/m0/s1. The maximum atomic E-state index is 12.1. The minimum Gasteiger partial charge on any atom is -0.481 e. The fraction of sp³-hybridized carbons (Fsp3) is 0.300. The average Bonchev–Trinajstić information content (AvgIpc) is 2.59. The molecule has 1 atom stereocenters. The van der Waals surface area contributed by atoms with Crippen molar-refractivity contribution in [2.24, 2.45) is 0 Å². The van der Waals surface area contributed by atoms with Gasteiger partial charge in [0.05, 0.1) is 5.56 Å². The highest BCUT2D eigenvalue weighted by Crippen LogP contribution is 2.24. The van der Waals surface area contributed by atoms with E-state index in [1.165, 1.54) is 5.56 Å². The largest absolute Gasteiger partial charge is 0.481 e. The zero-order valence-electron chi connectivity index (χ0n) is 15.3. The second kappa shape index (κ2) is 8.36. The molecule has 2 aromatic carbocycles. The van der Waals surface area contributed by atoms with Gasteiger partial charge in [0.25, 0.3) is 11.8 Å². The SMILES string of the molecule is C[C@H](Oc1ccc(C(C)(C)C)cc1)C(=O)NNC(=O)c1ccccc1Br. The summed E-state index contributed by atoms with van der Waals surface area (Å²) in [5.41, 5.74) is 6.43. The Kier molecular flexibility index (Phi) is 6.42. The molecule has 0 bridgehead atoms. The Morgan fingerprint density at radius 2 is 1.62 bits per heavy atom. The highest BCUT2D eigenvalue weighted by atomic mass is 79.9. The van der Waals surface area contributed by atoms with Crippen LogP contribution in [0.2, 0.25) is 0 Å². The molecule has 6 heteroatoms. The number of hydrogen-bond acceptors (Lipinski definition) is 3. The molecule has 0 radical (unpaired) electrons. The predicted molar refractivity (Wildman–Crippen MR) is 105 cm³/mol. The van der Waals surface area contributed by atoms with Gasteiger partial charge in [-0.25, -0.2) is 0 Å². The number of amides is 2. The van der Waals surface area contributed by atoms with E-state index in [0.717, 1.165) is 0 Å². The Morgan fingerprint density at radius 1 is 1.00 bits per heavy atom. The Morgan fingerprint density at radius 3 is 2.19 bits per heavy atom. The smallest absolute Gasteiger partial charge is 0.279 e. The van der Waals surface area contributed by atoms with Gasteiger partial charge in [0.2, 0.25) is 0 Å². The first kappa shape index (κ1) is 20.0. The van der Waals surface area contributed by atoms with E-state index in [4.69, 9.17) is 4.74 Å². The Hall–Kier alpha value is -2.34. The van der Waals surface area contributed by atoms with Gasteiger partial charge in [-0.15, -0.1) is 0 Å². The average molecular weight is 419 g/mol. The van der Waals surface area contributed by atoms with Gasteiger partial charge in [-0.3, -0.25) is 20.4 Å². The highest BCUT2D eigenvalue weighted by Gasteiger charge is 2.18. The Bertz CT molecular complexity index is 782. The number of hydrazine groups is 1. The van der Waals surface area contributed by atoms with Crippen molar-refractivity contribution in [1.82, 2.24) is 10.9 Å². The fourth-order valence-corrected chi connectivity index (χ4v) is 2.69. The van der Waals surface area contributed by atoms with Crippen molar-refractivity contribution in [3.8, 4) is 5.75 Å². The minimum atomic E-state index is -0.755. The number of carbonyl (C=O) groups is 2. The van der Waals surface area contributed by atoms with E-state index in [9.17, 15) is 9.59 Å². The summed E-state index contributed by atoms with van der Waals surface area (Å²) < 4.78 is 6.28. The van der Waals surface area contributed by atoms with E-state index < -0.39 is 17.9 Å². The van der Waals surface area contributed by atoms with E-state index in [2.05, 4.69) is 47.6 Å². The molecule has 0 aliphatic rings. The van der Waals surface area contributed by atoms with Gasteiger partial charge in [-0.1, -0.05) is 45.0 Å². The maximum absolute atomic E-state index is 12.1. The Balaban J connectivity index is 1.89. The van der Waals surface area contributed by atoms with Crippen LogP contribution in [0, 0.1) is 0 Å². The van der Waals surface area contributed by atoms with E-state index in [-0.39, 0.29) is 5.41 Å². The summed E-state index contributed by atoms with van der Waals surface area (Å²) in [7, 11) is 0. The van der Waals surface area contributed by atoms with Gasteiger partial charge < -0.3 is 4.74 Å². The van der Waals surface area contributed by atoms with Crippen molar-refractivity contribution in [2.75, 3.05) is 0 Å². The third kappa shape index (κ3) is 5.33. The second-order valence-electron chi connectivity index (χ2n) is 6.96. The molecule has 2 N–H and O–H groups in total. The molecule has 0 saturated carbocycles. The quantitative estimate of drug-likeness (QED) is 0.737. The molecule has 0 spiro atoms. The molecule has 26 heavy (non-hydrogen) atoms. The summed E-state index contributed by atoms with van der Waals surface area (Å²) in [6.45, 7) is 8.02. The van der Waals surface area contributed by atoms with Crippen LogP contribution < -0.4 is 15.6 Å². The van der Waals surface area contributed by atoms with Crippen LogP contribution in [0.5, 0.6) is 5.75 Å². The molecule has 0 aliphatic heterocycles. The maximum Gasteiger partial charge on any atom is 0.279 e. The van der Waals surface area contributed by atoms with Gasteiger partial charge in [-0.05, 0) is 58.1 Å². The summed E-state index contributed by atoms with van der Waals surface area (Å²) in [5, 5.41) is 0.